The molecule has 2 heterocycles. The van der Waals surface area contributed by atoms with Gasteiger partial charge in [-0.05, 0) is 54.4 Å². The number of hydrogen-bond donors (Lipinski definition) is 2. The minimum atomic E-state index is -4.67. The Labute approximate surface area is 187 Å². The molecule has 0 atom stereocenters. The number of aryl methyl sites for hydroxylation is 1. The molecule has 0 saturated heterocycles. The smallest absolute Gasteiger partial charge is 0.366 e. The van der Waals surface area contributed by atoms with Gasteiger partial charge in [-0.2, -0.15) is 13.2 Å². The lowest BCUT2D eigenvalue weighted by molar-refractivity contribution is -0.137. The summed E-state index contributed by atoms with van der Waals surface area (Å²) in [6.07, 6.45) is 0.219. The predicted octanol–water partition coefficient (Wildman–Crippen LogP) is 5.38. The summed E-state index contributed by atoms with van der Waals surface area (Å²) >= 11 is 0. The first-order valence-electron chi connectivity index (χ1n) is 9.85. The van der Waals surface area contributed by atoms with E-state index in [-0.39, 0.29) is 22.6 Å². The second-order valence-corrected chi connectivity index (χ2v) is 7.25. The van der Waals surface area contributed by atoms with Crippen molar-refractivity contribution in [3.05, 3.63) is 89.9 Å². The highest BCUT2D eigenvalue weighted by molar-refractivity contribution is 6.01. The first-order valence-corrected chi connectivity index (χ1v) is 9.85. The van der Waals surface area contributed by atoms with E-state index in [1.807, 2.05) is 6.07 Å². The van der Waals surface area contributed by atoms with Gasteiger partial charge < -0.3 is 11.1 Å². The number of benzene rings is 2. The molecule has 2 aromatic carbocycles. The highest BCUT2D eigenvalue weighted by Crippen LogP contribution is 2.40. The van der Waals surface area contributed by atoms with E-state index in [1.165, 1.54) is 18.2 Å². The molecule has 0 unspecified atom stereocenters. The zero-order valence-corrected chi connectivity index (χ0v) is 17.4. The third-order valence-corrected chi connectivity index (χ3v) is 5.02. The quantitative estimate of drug-likeness (QED) is 0.427. The Balaban J connectivity index is 1.78. The average molecular weight is 449 g/mol. The van der Waals surface area contributed by atoms with E-state index in [2.05, 4.69) is 20.3 Å². The maximum atomic E-state index is 13.7. The van der Waals surface area contributed by atoms with E-state index < -0.39 is 17.6 Å². The van der Waals surface area contributed by atoms with Crippen LogP contribution in [0.25, 0.3) is 22.4 Å². The maximum Gasteiger partial charge on any atom is 0.417 e. The molecular weight excluding hydrogens is 431 g/mol. The van der Waals surface area contributed by atoms with Crippen LogP contribution in [0, 0.1) is 6.92 Å². The topological polar surface area (TPSA) is 93.8 Å². The van der Waals surface area contributed by atoms with E-state index in [1.54, 1.807) is 43.7 Å². The summed E-state index contributed by atoms with van der Waals surface area (Å²) < 4.78 is 41.2. The Bertz CT molecular complexity index is 1320. The summed E-state index contributed by atoms with van der Waals surface area (Å²) in [7, 11) is 0. The molecule has 0 bridgehead atoms. The van der Waals surface area contributed by atoms with Crippen molar-refractivity contribution in [2.45, 2.75) is 13.1 Å². The number of carbonyl (C=O) groups is 1. The van der Waals surface area contributed by atoms with E-state index in [9.17, 15) is 18.0 Å². The van der Waals surface area contributed by atoms with Crippen LogP contribution in [0.3, 0.4) is 0 Å². The van der Waals surface area contributed by atoms with Crippen LogP contribution in [-0.2, 0) is 6.18 Å². The van der Waals surface area contributed by atoms with Gasteiger partial charge in [0, 0.05) is 41.0 Å². The molecule has 1 amide bonds. The molecule has 0 fully saturated rings. The monoisotopic (exact) mass is 449 g/mol. The highest BCUT2D eigenvalue weighted by atomic mass is 19.4. The number of rotatable bonds is 5. The Morgan fingerprint density at radius 1 is 1.00 bits per heavy atom. The molecule has 33 heavy (non-hydrogen) atoms. The molecule has 0 aliphatic heterocycles. The van der Waals surface area contributed by atoms with Crippen molar-refractivity contribution in [2.75, 3.05) is 5.32 Å². The fraction of sp³-hybridized carbons (Fsp3) is 0.0833. The van der Waals surface area contributed by atoms with Crippen molar-refractivity contribution < 1.29 is 18.0 Å². The van der Waals surface area contributed by atoms with Crippen LogP contribution in [0.2, 0.25) is 0 Å². The number of amides is 1. The van der Waals surface area contributed by atoms with Crippen molar-refractivity contribution in [2.24, 2.45) is 5.73 Å². The molecule has 4 rings (SSSR count). The fourth-order valence-electron chi connectivity index (χ4n) is 3.43. The summed E-state index contributed by atoms with van der Waals surface area (Å²) in [4.78, 5) is 24.7. The number of aromatic nitrogens is 3. The van der Waals surface area contributed by atoms with Gasteiger partial charge in [0.15, 0.2) is 0 Å². The molecule has 0 radical (unpaired) electrons. The van der Waals surface area contributed by atoms with E-state index in [0.717, 1.165) is 23.3 Å². The number of nitrogens with one attached hydrogen (secondary N) is 1. The number of hydrogen-bond acceptors (Lipinski definition) is 5. The Kier molecular flexibility index (Phi) is 5.78. The Hall–Kier alpha value is -4.27. The summed E-state index contributed by atoms with van der Waals surface area (Å²) in [5.74, 6) is -0.686. The molecule has 0 saturated carbocycles. The molecule has 0 spiro atoms. The molecule has 166 valence electrons. The van der Waals surface area contributed by atoms with Crippen molar-refractivity contribution in [1.82, 2.24) is 15.0 Å². The SMILES string of the molecule is Cc1ccc(-c2c(C(N)=O)cccc2C(F)(F)F)cc1Nc1nccc(-c2cccnc2)n1. The Morgan fingerprint density at radius 2 is 1.82 bits per heavy atom. The molecule has 3 N–H and O–H groups in total. The highest BCUT2D eigenvalue weighted by Gasteiger charge is 2.35. The summed E-state index contributed by atoms with van der Waals surface area (Å²) in [6, 6.07) is 13.4. The van der Waals surface area contributed by atoms with Crippen molar-refractivity contribution >= 4 is 17.5 Å². The minimum absolute atomic E-state index is 0.188. The number of halogens is 3. The van der Waals surface area contributed by atoms with Crippen molar-refractivity contribution in [3.8, 4) is 22.4 Å². The summed E-state index contributed by atoms with van der Waals surface area (Å²) in [6.45, 7) is 1.79. The number of pyridine rings is 1. The van der Waals surface area contributed by atoms with Crippen LogP contribution < -0.4 is 11.1 Å². The third-order valence-electron chi connectivity index (χ3n) is 5.02. The molecule has 2 aromatic heterocycles. The van der Waals surface area contributed by atoms with Gasteiger partial charge in [0.2, 0.25) is 11.9 Å². The van der Waals surface area contributed by atoms with Gasteiger partial charge in [-0.3, -0.25) is 9.78 Å². The number of carbonyl (C=O) groups excluding carboxylic acids is 1. The van der Waals surface area contributed by atoms with E-state index in [0.29, 0.717) is 11.4 Å². The average Bonchev–Trinajstić information content (AvgIpc) is 2.80. The van der Waals surface area contributed by atoms with Gasteiger partial charge in [0.05, 0.1) is 11.3 Å². The van der Waals surface area contributed by atoms with Crippen LogP contribution in [0.4, 0.5) is 24.8 Å². The van der Waals surface area contributed by atoms with Gasteiger partial charge in [0.25, 0.3) is 0 Å². The lowest BCUT2D eigenvalue weighted by atomic mass is 9.92. The molecule has 6 nitrogen and oxygen atoms in total. The van der Waals surface area contributed by atoms with Gasteiger partial charge in [-0.15, -0.1) is 0 Å². The lowest BCUT2D eigenvalue weighted by Gasteiger charge is -2.17. The summed E-state index contributed by atoms with van der Waals surface area (Å²) in [5, 5.41) is 3.06. The number of alkyl halides is 3. The lowest BCUT2D eigenvalue weighted by Crippen LogP contribution is -2.16. The first kappa shape index (κ1) is 21.9. The van der Waals surface area contributed by atoms with Gasteiger partial charge in [-0.25, -0.2) is 9.97 Å². The molecule has 0 aliphatic rings. The van der Waals surface area contributed by atoms with Crippen molar-refractivity contribution in [1.29, 1.82) is 0 Å². The molecule has 9 heteroatoms. The molecule has 0 aliphatic carbocycles. The number of anilines is 2. The fourth-order valence-corrected chi connectivity index (χ4v) is 3.43. The van der Waals surface area contributed by atoms with Crippen LogP contribution >= 0.6 is 0 Å². The zero-order valence-electron chi connectivity index (χ0n) is 17.4. The second-order valence-electron chi connectivity index (χ2n) is 7.25. The number of nitrogens with zero attached hydrogens (tertiary/aromatic N) is 3. The minimum Gasteiger partial charge on any atom is -0.366 e. The number of primary amides is 1. The van der Waals surface area contributed by atoms with Crippen LogP contribution in [0.5, 0.6) is 0 Å². The summed E-state index contributed by atoms with van der Waals surface area (Å²) in [5.41, 5.74) is 6.80. The normalized spacial score (nSPS) is 11.3. The van der Waals surface area contributed by atoms with Gasteiger partial charge in [0.1, 0.15) is 0 Å². The van der Waals surface area contributed by atoms with Crippen molar-refractivity contribution in [3.63, 3.8) is 0 Å². The molecular formula is C24H18F3N5O. The largest absolute Gasteiger partial charge is 0.417 e. The predicted molar refractivity (Wildman–Crippen MR) is 119 cm³/mol. The molecule has 4 aromatic rings. The third kappa shape index (κ3) is 4.67. The van der Waals surface area contributed by atoms with Crippen LogP contribution in [0.15, 0.2) is 73.2 Å². The van der Waals surface area contributed by atoms with Crippen LogP contribution in [-0.4, -0.2) is 20.9 Å². The Morgan fingerprint density at radius 3 is 2.52 bits per heavy atom. The first-order chi connectivity index (χ1) is 15.7. The van der Waals surface area contributed by atoms with E-state index in [4.69, 9.17) is 5.73 Å². The second kappa shape index (κ2) is 8.70. The zero-order chi connectivity index (χ0) is 23.6. The van der Waals surface area contributed by atoms with Gasteiger partial charge in [-0.1, -0.05) is 18.2 Å². The number of nitrogens with two attached hydrogens (primary N) is 1. The van der Waals surface area contributed by atoms with E-state index >= 15 is 0 Å². The standard InChI is InChI=1S/C24H18F3N5O/c1-14-7-8-15(21-17(22(28)33)5-2-6-18(21)24(25,26)27)12-20(14)32-23-30-11-9-19(31-23)16-4-3-10-29-13-16/h2-13H,1H3,(H2,28,33)(H,30,31,32). The maximum absolute atomic E-state index is 13.7. The van der Waals surface area contributed by atoms with Crippen LogP contribution in [0.1, 0.15) is 21.5 Å². The van der Waals surface area contributed by atoms with Gasteiger partial charge >= 0.3 is 6.18 Å².